The topological polar surface area (TPSA) is 235 Å². The normalized spacial score (nSPS) is 17.0. The highest BCUT2D eigenvalue weighted by molar-refractivity contribution is 7.92. The summed E-state index contributed by atoms with van der Waals surface area (Å²) < 4.78 is 74.1. The first-order valence-electron chi connectivity index (χ1n) is 26.9. The third kappa shape index (κ3) is 12.3. The third-order valence-corrected chi connectivity index (χ3v) is 16.4. The minimum Gasteiger partial charge on any atom is -0.508 e. The molecule has 0 saturated carbocycles. The zero-order chi connectivity index (χ0) is 57.3. The van der Waals surface area contributed by atoms with Gasteiger partial charge in [-0.15, -0.1) is 10.2 Å². The molecule has 4 aliphatic rings. The van der Waals surface area contributed by atoms with Gasteiger partial charge in [-0.25, -0.2) is 17.7 Å². The highest BCUT2D eigenvalue weighted by Crippen LogP contribution is 2.42. The second-order valence-electron chi connectivity index (χ2n) is 21.0. The second-order valence-corrected chi connectivity index (χ2v) is 22.8. The summed E-state index contributed by atoms with van der Waals surface area (Å²) in [5.74, 6) is -1.08. The molecule has 6 aromatic rings. The van der Waals surface area contributed by atoms with Gasteiger partial charge < -0.3 is 45.2 Å². The van der Waals surface area contributed by atoms with Crippen molar-refractivity contribution in [2.45, 2.75) is 52.3 Å². The number of nitrogens with zero attached hydrogens (tertiary/aromatic N) is 11. The van der Waals surface area contributed by atoms with E-state index in [0.29, 0.717) is 54.8 Å². The van der Waals surface area contributed by atoms with Crippen LogP contribution in [0.2, 0.25) is 0 Å². The number of nitrogens with one attached hydrogen (secondary N) is 2. The van der Waals surface area contributed by atoms with Crippen LogP contribution in [0.3, 0.4) is 0 Å². The van der Waals surface area contributed by atoms with Crippen LogP contribution in [0.15, 0.2) is 85.1 Å². The maximum absolute atomic E-state index is 13.9. The number of amides is 3. The molecular weight excluding hydrogens is 1070 g/mol. The lowest BCUT2D eigenvalue weighted by molar-refractivity contribution is -0.137. The predicted octanol–water partition coefficient (Wildman–Crippen LogP) is 6.84. The number of benzene rings is 4. The van der Waals surface area contributed by atoms with Crippen molar-refractivity contribution in [3.63, 3.8) is 0 Å². The number of carbonyl (C=O) groups is 3. The Morgan fingerprint density at radius 3 is 2.20 bits per heavy atom. The van der Waals surface area contributed by atoms with E-state index in [9.17, 15) is 46.2 Å². The van der Waals surface area contributed by atoms with E-state index in [1.165, 1.54) is 21.7 Å². The van der Waals surface area contributed by atoms with Crippen molar-refractivity contribution in [1.82, 2.24) is 44.7 Å². The monoisotopic (exact) mass is 1140 g/mol. The van der Waals surface area contributed by atoms with Crippen LogP contribution >= 0.6 is 0 Å². The molecule has 4 aromatic carbocycles. The number of piperidine rings is 2. The molecule has 2 aromatic heterocycles. The second kappa shape index (κ2) is 23.2. The fourth-order valence-corrected chi connectivity index (χ4v) is 12.0. The van der Waals surface area contributed by atoms with Crippen LogP contribution < -0.4 is 29.5 Å². The van der Waals surface area contributed by atoms with E-state index in [2.05, 4.69) is 40.2 Å². The number of halogens is 3. The van der Waals surface area contributed by atoms with Crippen molar-refractivity contribution in [1.29, 1.82) is 0 Å². The summed E-state index contributed by atoms with van der Waals surface area (Å²) in [4.78, 5) is 60.0. The molecule has 4 N–H and O–H groups in total. The quantitative estimate of drug-likeness (QED) is 0.0824. The van der Waals surface area contributed by atoms with Crippen LogP contribution in [0.4, 0.5) is 47.7 Å². The van der Waals surface area contributed by atoms with Crippen LogP contribution in [-0.2, 0) is 21.4 Å². The Morgan fingerprint density at radius 1 is 0.815 bits per heavy atom. The summed E-state index contributed by atoms with van der Waals surface area (Å²) in [5, 5.41) is 33.9. The Bertz CT molecular complexity index is 3430. The van der Waals surface area contributed by atoms with Gasteiger partial charge in [-0.2, -0.15) is 18.2 Å². The number of sulfonamides is 1. The van der Waals surface area contributed by atoms with Crippen molar-refractivity contribution < 1.29 is 50.9 Å². The van der Waals surface area contributed by atoms with E-state index < -0.39 is 40.4 Å². The summed E-state index contributed by atoms with van der Waals surface area (Å²) in [6, 6.07) is 22.1. The maximum Gasteiger partial charge on any atom is 0.405 e. The van der Waals surface area contributed by atoms with Crippen molar-refractivity contribution in [2.75, 3.05) is 105 Å². The number of phenolic OH excluding ortho intramolecular Hbond substituents is 2. The van der Waals surface area contributed by atoms with E-state index in [1.807, 2.05) is 47.5 Å². The number of aromatic nitrogens is 5. The Balaban J connectivity index is 0.693. The van der Waals surface area contributed by atoms with Gasteiger partial charge in [-0.3, -0.25) is 23.9 Å². The van der Waals surface area contributed by atoms with E-state index in [-0.39, 0.29) is 63.4 Å². The SMILES string of the molecule is CCOc1cc(N2CCC(C(=O)N3CCC(CN4CCN(Cc5ccc(-n6c(C(=O)NCC(F)(F)F)nnc6-c6cc(C)c(O)cc6O)cc5)CC4)CC3)CC2)ccc1Nc1ncc2c(n1)N(S(C)(=O)=O)c1ccccc1C(=O)N2C. The van der Waals surface area contributed by atoms with Gasteiger partial charge in [0.05, 0.1) is 41.6 Å². The molecule has 25 heteroatoms. The van der Waals surface area contributed by atoms with Gasteiger partial charge in [-0.05, 0) is 99.0 Å². The number of carbonyl (C=O) groups excluding carboxylic acids is 3. The number of hydrogen-bond donors (Lipinski definition) is 4. The van der Waals surface area contributed by atoms with E-state index in [0.717, 1.165) is 99.4 Å². The average molecular weight is 1140 g/mol. The predicted molar refractivity (Wildman–Crippen MR) is 298 cm³/mol. The molecule has 3 fully saturated rings. The summed E-state index contributed by atoms with van der Waals surface area (Å²) >= 11 is 0. The van der Waals surface area contributed by atoms with Gasteiger partial charge in [0.1, 0.15) is 29.5 Å². The number of piperazine rings is 1. The highest BCUT2D eigenvalue weighted by Gasteiger charge is 2.37. The number of likely N-dealkylation sites (tertiary alicyclic amines) is 1. The number of hydrogen-bond acceptors (Lipinski definition) is 16. The van der Waals surface area contributed by atoms with Crippen molar-refractivity contribution in [2.24, 2.45) is 11.8 Å². The minimum absolute atomic E-state index is 0.00703. The summed E-state index contributed by atoms with van der Waals surface area (Å²) in [6.07, 6.45) is 1.17. The number of para-hydroxylation sites is 1. The molecule has 10 rings (SSSR count). The molecule has 0 bridgehead atoms. The highest BCUT2D eigenvalue weighted by atomic mass is 32.2. The fourth-order valence-electron chi connectivity index (χ4n) is 11.0. The molecule has 0 atom stereocenters. The van der Waals surface area contributed by atoms with Crippen molar-refractivity contribution >= 4 is 62.3 Å². The van der Waals surface area contributed by atoms with Gasteiger partial charge in [-0.1, -0.05) is 24.3 Å². The lowest BCUT2D eigenvalue weighted by atomic mass is 9.91. The molecule has 0 aliphatic carbocycles. The van der Waals surface area contributed by atoms with Crippen LogP contribution in [0, 0.1) is 18.8 Å². The zero-order valence-corrected chi connectivity index (χ0v) is 46.2. The number of fused-ring (bicyclic) bond motifs is 2. The first-order valence-corrected chi connectivity index (χ1v) is 28.8. The molecule has 428 valence electrons. The molecule has 4 aliphatic heterocycles. The lowest BCUT2D eigenvalue weighted by Crippen LogP contribution is -2.49. The Kier molecular flexibility index (Phi) is 16.1. The third-order valence-electron chi connectivity index (χ3n) is 15.4. The number of ether oxygens (including phenoxy) is 1. The van der Waals surface area contributed by atoms with Gasteiger partial charge in [0.15, 0.2) is 11.6 Å². The number of aryl methyl sites for hydroxylation is 1. The van der Waals surface area contributed by atoms with Crippen LogP contribution in [0.5, 0.6) is 17.2 Å². The number of anilines is 6. The van der Waals surface area contributed by atoms with Crippen molar-refractivity contribution in [3.8, 4) is 34.3 Å². The smallest absolute Gasteiger partial charge is 0.405 e. The summed E-state index contributed by atoms with van der Waals surface area (Å²) in [7, 11) is -2.39. The number of aromatic hydroxyl groups is 2. The first kappa shape index (κ1) is 56.3. The first-order chi connectivity index (χ1) is 38.7. The maximum atomic E-state index is 13.9. The van der Waals surface area contributed by atoms with Crippen molar-refractivity contribution in [3.05, 3.63) is 108 Å². The molecule has 21 nitrogen and oxygen atoms in total. The molecular formula is C56H64F3N13O8S. The zero-order valence-electron chi connectivity index (χ0n) is 45.4. The van der Waals surface area contributed by atoms with E-state index in [1.54, 1.807) is 50.4 Å². The largest absolute Gasteiger partial charge is 0.508 e. The molecule has 0 radical (unpaired) electrons. The van der Waals surface area contributed by atoms with E-state index >= 15 is 0 Å². The van der Waals surface area contributed by atoms with Gasteiger partial charge in [0.2, 0.25) is 27.7 Å². The van der Waals surface area contributed by atoms with Gasteiger partial charge in [0, 0.05) is 102 Å². The molecule has 81 heavy (non-hydrogen) atoms. The van der Waals surface area contributed by atoms with E-state index in [4.69, 9.17) is 4.74 Å². The number of alkyl halides is 3. The Labute approximate surface area is 467 Å². The molecule has 3 amide bonds. The molecule has 6 heterocycles. The Hall–Kier alpha value is -8.03. The van der Waals surface area contributed by atoms with Crippen LogP contribution in [0.25, 0.3) is 17.1 Å². The van der Waals surface area contributed by atoms with Crippen LogP contribution in [-0.4, -0.2) is 167 Å². The molecule has 0 spiro atoms. The molecule has 3 saturated heterocycles. The minimum atomic E-state index is -4.65. The fraction of sp³-hybridized carbons (Fsp3) is 0.411. The van der Waals surface area contributed by atoms with Gasteiger partial charge in [0.25, 0.3) is 11.8 Å². The standard InChI is InChI=1S/C56H64F3N13O8S/c1-5-80-48-29-40(14-15-43(48)62-55-60-31-45-50(63-55)72(81(4,78)79)44-9-7-6-8-41(44)54(77)66(45)3)69-22-18-38(19-23-69)53(76)70-20-16-37(17-21-70)33-68-26-24-67(25-27-68)32-36-10-12-39(13-11-36)71-49(42-28-35(2)46(73)30-47(42)74)64-65-51(71)52(75)61-34-56(57,58)59/h6-15,28-31,37-38,73-74H,5,16-27,32-34H2,1-4H3,(H,61,75)(H,60,62,63). The lowest BCUT2D eigenvalue weighted by Gasteiger charge is -2.40. The number of phenols is 2. The van der Waals surface area contributed by atoms with Gasteiger partial charge >= 0.3 is 6.18 Å². The molecule has 0 unspecified atom stereocenters. The number of rotatable bonds is 15. The average Bonchev–Trinajstić information content (AvgIpc) is 3.93. The summed E-state index contributed by atoms with van der Waals surface area (Å²) in [6.45, 7) is 10.3. The Morgan fingerprint density at radius 2 is 1.51 bits per heavy atom. The van der Waals surface area contributed by atoms with Crippen LogP contribution in [0.1, 0.15) is 64.7 Å². The summed E-state index contributed by atoms with van der Waals surface area (Å²) in [5.41, 5.74) is 4.05.